The second-order valence-electron chi connectivity index (χ2n) is 8.58. The topological polar surface area (TPSA) is 77.0 Å². The monoisotopic (exact) mass is 307 g/mol. The molecule has 1 aliphatic rings. The van der Waals surface area contributed by atoms with E-state index in [1.54, 1.807) is 15.9 Å². The Labute approximate surface area is 133 Å². The molecule has 1 aromatic heterocycles. The van der Waals surface area contributed by atoms with Gasteiger partial charge in [-0.3, -0.25) is 4.79 Å². The maximum Gasteiger partial charge on any atom is 0.293 e. The molecule has 1 fully saturated rings. The van der Waals surface area contributed by atoms with Crippen molar-refractivity contribution < 1.29 is 4.79 Å². The van der Waals surface area contributed by atoms with Gasteiger partial charge in [-0.25, -0.2) is 9.67 Å². The lowest BCUT2D eigenvalue weighted by atomic mass is 9.83. The van der Waals surface area contributed by atoms with Gasteiger partial charge in [0.2, 0.25) is 5.82 Å². The summed E-state index contributed by atoms with van der Waals surface area (Å²) in [6.45, 7) is 14.0. The van der Waals surface area contributed by atoms with E-state index >= 15 is 0 Å². The molecule has 0 spiro atoms. The van der Waals surface area contributed by atoms with Crippen molar-refractivity contribution in [3.8, 4) is 0 Å². The predicted molar refractivity (Wildman–Crippen MR) is 86.5 cm³/mol. The minimum Gasteiger partial charge on any atom is -0.334 e. The van der Waals surface area contributed by atoms with E-state index < -0.39 is 0 Å². The van der Waals surface area contributed by atoms with Crippen LogP contribution in [-0.2, 0) is 5.54 Å². The molecule has 2 atom stereocenters. The average Bonchev–Trinajstić information content (AvgIpc) is 2.94. The molecule has 0 aliphatic carbocycles. The van der Waals surface area contributed by atoms with Crippen LogP contribution in [0, 0.1) is 11.3 Å². The Morgan fingerprint density at radius 3 is 2.41 bits per heavy atom. The molecule has 0 bridgehead atoms. The molecule has 22 heavy (non-hydrogen) atoms. The maximum absolute atomic E-state index is 12.6. The van der Waals surface area contributed by atoms with E-state index in [4.69, 9.17) is 5.73 Å². The summed E-state index contributed by atoms with van der Waals surface area (Å²) in [7, 11) is 0. The third kappa shape index (κ3) is 3.85. The lowest BCUT2D eigenvalue weighted by molar-refractivity contribution is 0.0769. The molecule has 0 radical (unpaired) electrons. The Bertz CT molecular complexity index is 537. The molecule has 1 aliphatic heterocycles. The smallest absolute Gasteiger partial charge is 0.293 e. The van der Waals surface area contributed by atoms with Crippen LogP contribution < -0.4 is 5.73 Å². The van der Waals surface area contributed by atoms with Gasteiger partial charge in [0.05, 0.1) is 5.54 Å². The van der Waals surface area contributed by atoms with Crippen LogP contribution in [-0.4, -0.2) is 44.7 Å². The molecule has 2 N–H and O–H groups in total. The quantitative estimate of drug-likeness (QED) is 0.905. The number of nitrogens with two attached hydrogens (primary N) is 1. The number of nitrogens with zero attached hydrogens (tertiary/aromatic N) is 4. The van der Waals surface area contributed by atoms with Crippen LogP contribution in [0.15, 0.2) is 6.33 Å². The fraction of sp³-hybridized carbons (Fsp3) is 0.812. The van der Waals surface area contributed by atoms with Gasteiger partial charge >= 0.3 is 0 Å². The number of likely N-dealkylation sites (tertiary alicyclic amines) is 1. The molecule has 1 saturated heterocycles. The summed E-state index contributed by atoms with van der Waals surface area (Å²) in [4.78, 5) is 18.5. The van der Waals surface area contributed by atoms with Crippen LogP contribution >= 0.6 is 0 Å². The third-order valence-electron chi connectivity index (χ3n) is 4.02. The van der Waals surface area contributed by atoms with Crippen molar-refractivity contribution in [1.82, 2.24) is 19.7 Å². The van der Waals surface area contributed by atoms with Crippen molar-refractivity contribution in [3.05, 3.63) is 12.2 Å². The van der Waals surface area contributed by atoms with Crippen LogP contribution in [0.25, 0.3) is 0 Å². The molecule has 2 unspecified atom stereocenters. The predicted octanol–water partition coefficient (Wildman–Crippen LogP) is 1.87. The van der Waals surface area contributed by atoms with Crippen molar-refractivity contribution >= 4 is 5.91 Å². The highest BCUT2D eigenvalue weighted by Gasteiger charge is 2.36. The van der Waals surface area contributed by atoms with Gasteiger partial charge in [0.1, 0.15) is 6.33 Å². The highest BCUT2D eigenvalue weighted by molar-refractivity contribution is 5.90. The van der Waals surface area contributed by atoms with Gasteiger partial charge in [0, 0.05) is 19.1 Å². The van der Waals surface area contributed by atoms with Crippen molar-refractivity contribution in [1.29, 1.82) is 0 Å². The van der Waals surface area contributed by atoms with Crippen molar-refractivity contribution in [3.63, 3.8) is 0 Å². The van der Waals surface area contributed by atoms with Gasteiger partial charge in [-0.15, -0.1) is 5.10 Å². The summed E-state index contributed by atoms with van der Waals surface area (Å²) < 4.78 is 1.73. The van der Waals surface area contributed by atoms with Gasteiger partial charge < -0.3 is 10.6 Å². The molecule has 2 rings (SSSR count). The second-order valence-corrected chi connectivity index (χ2v) is 8.58. The summed E-state index contributed by atoms with van der Waals surface area (Å²) in [5.41, 5.74) is 6.26. The number of hydrogen-bond donors (Lipinski definition) is 1. The Morgan fingerprint density at radius 2 is 1.91 bits per heavy atom. The number of carbonyl (C=O) groups excluding carboxylic acids is 1. The normalized spacial score (nSPS) is 23.1. The maximum atomic E-state index is 12.6. The second kappa shape index (κ2) is 5.65. The van der Waals surface area contributed by atoms with Crippen LogP contribution in [0.4, 0.5) is 0 Å². The number of aromatic nitrogens is 3. The van der Waals surface area contributed by atoms with E-state index in [0.29, 0.717) is 19.0 Å². The van der Waals surface area contributed by atoms with E-state index in [1.807, 2.05) is 20.8 Å². The van der Waals surface area contributed by atoms with E-state index in [9.17, 15) is 4.79 Å². The fourth-order valence-electron chi connectivity index (χ4n) is 2.89. The van der Waals surface area contributed by atoms with Crippen molar-refractivity contribution in [2.45, 2.75) is 59.5 Å². The van der Waals surface area contributed by atoms with Crippen LogP contribution in [0.5, 0.6) is 0 Å². The van der Waals surface area contributed by atoms with Gasteiger partial charge in [0.15, 0.2) is 0 Å². The molecule has 6 heteroatoms. The van der Waals surface area contributed by atoms with E-state index in [2.05, 4.69) is 30.9 Å². The SMILES string of the molecule is CC(C)(C)CC1CN(C(=O)c2ncn(C(C)(C)C)n2)CC1N. The molecule has 0 aromatic carbocycles. The minimum atomic E-state index is -0.179. The van der Waals surface area contributed by atoms with E-state index in [0.717, 1.165) is 6.42 Å². The molecule has 0 saturated carbocycles. The summed E-state index contributed by atoms with van der Waals surface area (Å²) in [5.74, 6) is 0.488. The lowest BCUT2D eigenvalue weighted by Gasteiger charge is -2.24. The van der Waals surface area contributed by atoms with Crippen LogP contribution in [0.3, 0.4) is 0 Å². The van der Waals surface area contributed by atoms with E-state index in [1.165, 1.54) is 0 Å². The molecular weight excluding hydrogens is 278 g/mol. The average molecular weight is 307 g/mol. The number of carbonyl (C=O) groups is 1. The summed E-state index contributed by atoms with van der Waals surface area (Å²) in [5, 5.41) is 4.32. The zero-order chi connectivity index (χ0) is 16.7. The van der Waals surface area contributed by atoms with Crippen molar-refractivity contribution in [2.75, 3.05) is 13.1 Å². The third-order valence-corrected chi connectivity index (χ3v) is 4.02. The van der Waals surface area contributed by atoms with Gasteiger partial charge in [-0.1, -0.05) is 20.8 Å². The highest BCUT2D eigenvalue weighted by Crippen LogP contribution is 2.30. The number of hydrogen-bond acceptors (Lipinski definition) is 4. The number of amides is 1. The Balaban J connectivity index is 2.07. The summed E-state index contributed by atoms with van der Waals surface area (Å²) >= 11 is 0. The van der Waals surface area contributed by atoms with Crippen molar-refractivity contribution in [2.24, 2.45) is 17.1 Å². The Morgan fingerprint density at radius 1 is 1.27 bits per heavy atom. The molecule has 124 valence electrons. The van der Waals surface area contributed by atoms with Crippen LogP contribution in [0.2, 0.25) is 0 Å². The zero-order valence-corrected chi connectivity index (χ0v) is 14.6. The summed E-state index contributed by atoms with van der Waals surface area (Å²) in [6.07, 6.45) is 2.64. The largest absolute Gasteiger partial charge is 0.334 e. The Hall–Kier alpha value is -1.43. The number of rotatable bonds is 2. The molecule has 6 nitrogen and oxygen atoms in total. The summed E-state index contributed by atoms with van der Waals surface area (Å²) in [6, 6.07) is 0.0351. The first-order chi connectivity index (χ1) is 9.97. The minimum absolute atomic E-state index is 0.0351. The van der Waals surface area contributed by atoms with E-state index in [-0.39, 0.29) is 28.7 Å². The fourth-order valence-corrected chi connectivity index (χ4v) is 2.89. The standard InChI is InChI=1S/C16H29N5O/c1-15(2,3)7-11-8-20(9-12(11)17)14(22)13-18-10-21(19-13)16(4,5)6/h10-12H,7-9,17H2,1-6H3. The highest BCUT2D eigenvalue weighted by atomic mass is 16.2. The first-order valence-corrected chi connectivity index (χ1v) is 7.94. The van der Waals surface area contributed by atoms with Crippen LogP contribution in [0.1, 0.15) is 58.6 Å². The lowest BCUT2D eigenvalue weighted by Crippen LogP contribution is -2.33. The molecular formula is C16H29N5O. The zero-order valence-electron chi connectivity index (χ0n) is 14.6. The first-order valence-electron chi connectivity index (χ1n) is 7.94. The molecule has 1 aromatic rings. The molecule has 1 amide bonds. The van der Waals surface area contributed by atoms with Gasteiger partial charge in [-0.05, 0) is 38.5 Å². The van der Waals surface area contributed by atoms with Gasteiger partial charge in [0.25, 0.3) is 5.91 Å². The molecule has 2 heterocycles. The first kappa shape index (κ1) is 16.9. The Kier molecular flexibility index (Phi) is 4.35. The van der Waals surface area contributed by atoms with Gasteiger partial charge in [-0.2, -0.15) is 0 Å².